The molecular formula is C31H29N3O2S. The van der Waals surface area contributed by atoms with Crippen LogP contribution in [0.15, 0.2) is 76.1 Å². The molecule has 0 radical (unpaired) electrons. The summed E-state index contributed by atoms with van der Waals surface area (Å²) in [6.07, 6.45) is 4.55. The Labute approximate surface area is 221 Å². The first-order chi connectivity index (χ1) is 17.8. The summed E-state index contributed by atoms with van der Waals surface area (Å²) in [4.78, 5) is 19.5. The van der Waals surface area contributed by atoms with Crippen LogP contribution < -0.4 is 5.32 Å². The van der Waals surface area contributed by atoms with Crippen LogP contribution in [0, 0.1) is 22.7 Å². The number of para-hydroxylation sites is 1. The Kier molecular flexibility index (Phi) is 6.82. The summed E-state index contributed by atoms with van der Waals surface area (Å²) in [5, 5.41) is 13.2. The lowest BCUT2D eigenvalue weighted by Gasteiger charge is -2.33. The summed E-state index contributed by atoms with van der Waals surface area (Å²) < 4.78 is 6.00. The molecular weight excluding hydrogens is 478 g/mol. The van der Waals surface area contributed by atoms with Crippen molar-refractivity contribution in [3.8, 4) is 17.4 Å². The summed E-state index contributed by atoms with van der Waals surface area (Å²) in [7, 11) is 0. The zero-order valence-corrected chi connectivity index (χ0v) is 22.1. The van der Waals surface area contributed by atoms with Crippen molar-refractivity contribution < 1.29 is 9.21 Å². The molecule has 0 fully saturated rings. The van der Waals surface area contributed by atoms with Crippen LogP contribution in [0.3, 0.4) is 0 Å². The lowest BCUT2D eigenvalue weighted by molar-refractivity contribution is 0.102. The second-order valence-corrected chi connectivity index (χ2v) is 11.5. The minimum Gasteiger partial charge on any atom is -0.455 e. The average molecular weight is 508 g/mol. The minimum absolute atomic E-state index is 0.131. The number of benzene rings is 2. The third kappa shape index (κ3) is 5.28. The molecule has 5 nitrogen and oxygen atoms in total. The molecule has 1 atom stereocenters. The van der Waals surface area contributed by atoms with Crippen molar-refractivity contribution in [2.75, 3.05) is 5.32 Å². The first-order valence-corrected chi connectivity index (χ1v) is 13.3. The van der Waals surface area contributed by atoms with Crippen molar-refractivity contribution in [1.29, 1.82) is 5.26 Å². The highest BCUT2D eigenvalue weighted by Crippen LogP contribution is 2.45. The molecule has 1 N–H and O–H groups in total. The molecule has 186 valence electrons. The Balaban J connectivity index is 1.48. The number of rotatable bonds is 5. The predicted molar refractivity (Wildman–Crippen MR) is 150 cm³/mol. The number of furan rings is 1. The largest absolute Gasteiger partial charge is 0.455 e. The van der Waals surface area contributed by atoms with Crippen LogP contribution >= 0.6 is 11.3 Å². The van der Waals surface area contributed by atoms with Crippen LogP contribution in [0.4, 0.5) is 10.7 Å². The van der Waals surface area contributed by atoms with Gasteiger partial charge in [0.15, 0.2) is 0 Å². The van der Waals surface area contributed by atoms with Crippen LogP contribution in [0.25, 0.3) is 11.3 Å². The van der Waals surface area contributed by atoms with Gasteiger partial charge in [0.25, 0.3) is 5.91 Å². The average Bonchev–Trinajstić information content (AvgIpc) is 3.51. The van der Waals surface area contributed by atoms with Crippen molar-refractivity contribution >= 4 is 34.1 Å². The van der Waals surface area contributed by atoms with Gasteiger partial charge in [0, 0.05) is 16.1 Å². The molecule has 6 heteroatoms. The molecule has 2 heterocycles. The standard InChI is InChI=1S/C31H29N3O2S/c1-31(2,3)21-13-15-25-27(17-21)37-30(28(25)29(35)34-22-10-5-4-6-11-22)33-19-23-14-16-26(36-23)24-12-8-7-9-20(24)18-32/h4-12,14,16,19,21H,13,15,17H2,1-3H3,(H,34,35)/t21-/m1/s1. The maximum atomic E-state index is 13.5. The van der Waals surface area contributed by atoms with Crippen LogP contribution in [0.2, 0.25) is 0 Å². The highest BCUT2D eigenvalue weighted by atomic mass is 32.1. The van der Waals surface area contributed by atoms with E-state index in [1.165, 1.54) is 4.88 Å². The van der Waals surface area contributed by atoms with Gasteiger partial charge >= 0.3 is 0 Å². The van der Waals surface area contributed by atoms with Crippen molar-refractivity contribution in [3.63, 3.8) is 0 Å². The van der Waals surface area contributed by atoms with E-state index in [9.17, 15) is 10.1 Å². The normalized spacial score (nSPS) is 15.4. The summed E-state index contributed by atoms with van der Waals surface area (Å²) in [6, 6.07) is 22.7. The molecule has 1 aliphatic carbocycles. The number of hydrogen-bond acceptors (Lipinski definition) is 5. The van der Waals surface area contributed by atoms with Crippen molar-refractivity contribution in [2.45, 2.75) is 40.0 Å². The van der Waals surface area contributed by atoms with E-state index in [0.717, 1.165) is 36.1 Å². The van der Waals surface area contributed by atoms with Crippen LogP contribution in [-0.2, 0) is 12.8 Å². The summed E-state index contributed by atoms with van der Waals surface area (Å²) in [6.45, 7) is 6.87. The molecule has 4 aromatic rings. The fourth-order valence-electron chi connectivity index (χ4n) is 4.84. The third-order valence-electron chi connectivity index (χ3n) is 6.98. The van der Waals surface area contributed by atoms with E-state index in [4.69, 9.17) is 9.41 Å². The first kappa shape index (κ1) is 24.7. The lowest BCUT2D eigenvalue weighted by Crippen LogP contribution is -2.27. The topological polar surface area (TPSA) is 78.4 Å². The number of carbonyl (C=O) groups excluding carboxylic acids is 1. The van der Waals surface area contributed by atoms with Crippen molar-refractivity contribution in [2.24, 2.45) is 16.3 Å². The molecule has 0 unspecified atom stereocenters. The van der Waals surface area contributed by atoms with Gasteiger partial charge in [0.2, 0.25) is 0 Å². The minimum atomic E-state index is -0.131. The van der Waals surface area contributed by atoms with Gasteiger partial charge in [-0.05, 0) is 72.6 Å². The maximum Gasteiger partial charge on any atom is 0.259 e. The molecule has 2 aromatic carbocycles. The van der Waals surface area contributed by atoms with Gasteiger partial charge in [-0.1, -0.05) is 51.1 Å². The van der Waals surface area contributed by atoms with Crippen LogP contribution in [0.1, 0.15) is 59.3 Å². The van der Waals surface area contributed by atoms with Gasteiger partial charge in [0.1, 0.15) is 16.5 Å². The van der Waals surface area contributed by atoms with Gasteiger partial charge in [-0.15, -0.1) is 11.3 Å². The number of hydrogen-bond donors (Lipinski definition) is 1. The molecule has 1 aliphatic rings. The van der Waals surface area contributed by atoms with E-state index in [1.54, 1.807) is 23.6 Å². The monoisotopic (exact) mass is 507 g/mol. The molecule has 0 bridgehead atoms. The molecule has 0 aliphatic heterocycles. The number of nitriles is 1. The molecule has 0 saturated carbocycles. The van der Waals surface area contributed by atoms with E-state index in [0.29, 0.717) is 33.6 Å². The summed E-state index contributed by atoms with van der Waals surface area (Å²) >= 11 is 1.61. The smallest absolute Gasteiger partial charge is 0.259 e. The van der Waals surface area contributed by atoms with Crippen molar-refractivity contribution in [3.05, 3.63) is 94.1 Å². The second kappa shape index (κ2) is 10.2. The summed E-state index contributed by atoms with van der Waals surface area (Å²) in [5.74, 6) is 1.61. The zero-order valence-electron chi connectivity index (χ0n) is 21.2. The number of carbonyl (C=O) groups is 1. The number of thiophene rings is 1. The van der Waals surface area contributed by atoms with E-state index < -0.39 is 0 Å². The highest BCUT2D eigenvalue weighted by molar-refractivity contribution is 7.16. The number of amides is 1. The second-order valence-electron chi connectivity index (χ2n) is 10.4. The SMILES string of the molecule is CC(C)(C)[C@@H]1CCc2c(sc(N=Cc3ccc(-c4ccccc4C#N)o3)c2C(=O)Nc2ccccc2)C1. The van der Waals surface area contributed by atoms with E-state index in [-0.39, 0.29) is 11.3 Å². The Hall–Kier alpha value is -3.95. The number of nitrogens with zero attached hydrogens (tertiary/aromatic N) is 2. The number of anilines is 1. The number of aliphatic imine (C=N–C) groups is 1. The fourth-order valence-corrected chi connectivity index (χ4v) is 6.10. The Morgan fingerprint density at radius 1 is 1.11 bits per heavy atom. The third-order valence-corrected chi connectivity index (χ3v) is 8.14. The van der Waals surface area contributed by atoms with Crippen molar-refractivity contribution in [1.82, 2.24) is 0 Å². The molecule has 5 rings (SSSR count). The molecule has 1 amide bonds. The van der Waals surface area contributed by atoms with Gasteiger partial charge in [-0.2, -0.15) is 5.26 Å². The Morgan fingerprint density at radius 2 is 1.86 bits per heavy atom. The van der Waals surface area contributed by atoms with Gasteiger partial charge in [-0.25, -0.2) is 4.99 Å². The van der Waals surface area contributed by atoms with Gasteiger partial charge in [-0.3, -0.25) is 4.79 Å². The van der Waals surface area contributed by atoms with Gasteiger partial charge in [0.05, 0.1) is 23.4 Å². The molecule has 2 aromatic heterocycles. The summed E-state index contributed by atoms with van der Waals surface area (Å²) in [5.41, 5.74) is 4.05. The van der Waals surface area contributed by atoms with Crippen LogP contribution in [-0.4, -0.2) is 12.1 Å². The Bertz CT molecular complexity index is 1500. The first-order valence-electron chi connectivity index (χ1n) is 12.5. The molecule has 0 spiro atoms. The fraction of sp³-hybridized carbons (Fsp3) is 0.258. The number of fused-ring (bicyclic) bond motifs is 1. The highest BCUT2D eigenvalue weighted by Gasteiger charge is 2.33. The predicted octanol–water partition coefficient (Wildman–Crippen LogP) is 8.03. The van der Waals surface area contributed by atoms with E-state index in [1.807, 2.05) is 60.7 Å². The molecule has 0 saturated heterocycles. The van der Waals surface area contributed by atoms with E-state index >= 15 is 0 Å². The van der Waals surface area contributed by atoms with Crippen LogP contribution in [0.5, 0.6) is 0 Å². The lowest BCUT2D eigenvalue weighted by atomic mass is 9.72. The van der Waals surface area contributed by atoms with E-state index in [2.05, 4.69) is 32.2 Å². The van der Waals surface area contributed by atoms with Gasteiger partial charge < -0.3 is 9.73 Å². The number of nitrogens with one attached hydrogen (secondary N) is 1. The zero-order chi connectivity index (χ0) is 26.0. The maximum absolute atomic E-state index is 13.5. The quantitative estimate of drug-likeness (QED) is 0.278. The Morgan fingerprint density at radius 3 is 2.62 bits per heavy atom. The molecule has 37 heavy (non-hydrogen) atoms.